The molecule has 0 saturated heterocycles. The van der Waals surface area contributed by atoms with E-state index in [1.165, 1.54) is 13.4 Å². The molecule has 0 radical (unpaired) electrons. The highest BCUT2D eigenvalue weighted by Crippen LogP contribution is 2.31. The summed E-state index contributed by atoms with van der Waals surface area (Å²) in [6.07, 6.45) is 3.40. The Kier molecular flexibility index (Phi) is 4.84. The minimum atomic E-state index is -0.682. The van der Waals surface area contributed by atoms with E-state index in [0.717, 1.165) is 17.8 Å². The number of rotatable bonds is 6. The minimum absolute atomic E-state index is 0.0197. The highest BCUT2D eigenvalue weighted by Gasteiger charge is 2.21. The molecule has 0 saturated carbocycles. The molecule has 0 bridgehead atoms. The number of methoxy groups -OCH3 is 1. The summed E-state index contributed by atoms with van der Waals surface area (Å²) in [4.78, 5) is 18.6. The Balaban J connectivity index is 2.10. The Morgan fingerprint density at radius 2 is 2.05 bits per heavy atom. The molecule has 0 aliphatic carbocycles. The monoisotopic (exact) mass is 307 g/mol. The molecule has 2 rings (SSSR count). The molecule has 118 valence electrons. The van der Waals surface area contributed by atoms with E-state index < -0.39 is 12.0 Å². The van der Waals surface area contributed by atoms with Crippen molar-refractivity contribution in [3.05, 3.63) is 35.9 Å². The lowest BCUT2D eigenvalue weighted by atomic mass is 10.1. The number of nitrogens with one attached hydrogen (secondary N) is 2. The smallest absolute Gasteiger partial charge is 0.323 e. The summed E-state index contributed by atoms with van der Waals surface area (Å²) >= 11 is 0. The van der Waals surface area contributed by atoms with Gasteiger partial charge in [-0.25, -0.2) is 4.98 Å². The van der Waals surface area contributed by atoms with Gasteiger partial charge >= 0.3 is 5.97 Å². The molecule has 1 atom stereocenters. The van der Waals surface area contributed by atoms with Crippen LogP contribution in [0.15, 0.2) is 24.7 Å². The average Bonchev–Trinajstić information content (AvgIpc) is 2.97. The van der Waals surface area contributed by atoms with E-state index in [4.69, 9.17) is 4.74 Å². The van der Waals surface area contributed by atoms with Crippen molar-refractivity contribution in [3.8, 4) is 17.2 Å². The zero-order valence-electron chi connectivity index (χ0n) is 11.9. The number of carbonyl (C=O) groups is 1. The lowest BCUT2D eigenvalue weighted by Gasteiger charge is -2.17. The van der Waals surface area contributed by atoms with Gasteiger partial charge in [0.2, 0.25) is 0 Å². The van der Waals surface area contributed by atoms with Crippen molar-refractivity contribution >= 4 is 5.97 Å². The highest BCUT2D eigenvalue weighted by molar-refractivity contribution is 5.76. The highest BCUT2D eigenvalue weighted by atomic mass is 16.5. The van der Waals surface area contributed by atoms with Crippen molar-refractivity contribution < 1.29 is 24.9 Å². The zero-order valence-corrected chi connectivity index (χ0v) is 11.9. The molecule has 5 N–H and O–H groups in total. The molecule has 0 spiro atoms. The van der Waals surface area contributed by atoms with Gasteiger partial charge in [-0.15, -0.1) is 0 Å². The third kappa shape index (κ3) is 3.67. The molecule has 2 aromatic rings. The number of aromatic hydroxyl groups is 3. The summed E-state index contributed by atoms with van der Waals surface area (Å²) in [5, 5.41) is 31.7. The van der Waals surface area contributed by atoms with Gasteiger partial charge in [0.05, 0.1) is 13.4 Å². The van der Waals surface area contributed by atoms with E-state index in [0.29, 0.717) is 6.42 Å². The Morgan fingerprint density at radius 1 is 1.36 bits per heavy atom. The van der Waals surface area contributed by atoms with E-state index in [-0.39, 0.29) is 29.4 Å². The fourth-order valence-electron chi connectivity index (χ4n) is 2.03. The van der Waals surface area contributed by atoms with E-state index in [1.54, 1.807) is 6.20 Å². The summed E-state index contributed by atoms with van der Waals surface area (Å²) in [6, 6.07) is 1.54. The maximum absolute atomic E-state index is 11.8. The van der Waals surface area contributed by atoms with Gasteiger partial charge in [0.25, 0.3) is 0 Å². The summed E-state index contributed by atoms with van der Waals surface area (Å²) in [6.45, 7) is 0.0197. The number of phenols is 3. The van der Waals surface area contributed by atoms with Crippen molar-refractivity contribution in [3.63, 3.8) is 0 Å². The van der Waals surface area contributed by atoms with Gasteiger partial charge in [-0.1, -0.05) is 0 Å². The van der Waals surface area contributed by atoms with Gasteiger partial charge in [0.1, 0.15) is 23.3 Å². The van der Waals surface area contributed by atoms with Crippen LogP contribution in [-0.2, 0) is 22.5 Å². The number of aromatic amines is 1. The quantitative estimate of drug-likeness (QED) is 0.489. The normalized spacial score (nSPS) is 12.0. The second-order valence-corrected chi connectivity index (χ2v) is 4.70. The topological polar surface area (TPSA) is 128 Å². The maximum atomic E-state index is 11.8. The Hall–Kier alpha value is -2.74. The lowest BCUT2D eigenvalue weighted by molar-refractivity contribution is -0.143. The van der Waals surface area contributed by atoms with Gasteiger partial charge in [-0.05, 0) is 0 Å². The van der Waals surface area contributed by atoms with E-state index >= 15 is 0 Å². The Labute approximate surface area is 126 Å². The number of imidazole rings is 1. The maximum Gasteiger partial charge on any atom is 0.323 e. The molecule has 0 amide bonds. The first-order valence-electron chi connectivity index (χ1n) is 6.53. The van der Waals surface area contributed by atoms with Crippen LogP contribution in [0, 0.1) is 0 Å². The summed E-state index contributed by atoms with van der Waals surface area (Å²) in [5.41, 5.74) is 0.915. The number of hydrogen-bond acceptors (Lipinski definition) is 7. The molecule has 0 aliphatic rings. The number of nitrogens with zero attached hydrogens (tertiary/aromatic N) is 1. The lowest BCUT2D eigenvalue weighted by Crippen LogP contribution is -2.39. The first-order chi connectivity index (χ1) is 10.5. The van der Waals surface area contributed by atoms with Gasteiger partial charge in [0.15, 0.2) is 0 Å². The standard InChI is InChI=1S/C14H17N3O5/c1-22-14(21)11(2-8-5-15-7-17-8)16-6-10-12(19)3-9(18)4-13(10)20/h3-5,7,11,16,18-20H,2,6H2,1H3,(H,15,17). The number of aromatic nitrogens is 2. The fourth-order valence-corrected chi connectivity index (χ4v) is 2.03. The predicted molar refractivity (Wildman–Crippen MR) is 76.4 cm³/mol. The van der Waals surface area contributed by atoms with Crippen LogP contribution in [0.1, 0.15) is 11.3 Å². The SMILES string of the molecule is COC(=O)C(Cc1cnc[nH]1)NCc1c(O)cc(O)cc1O. The number of carbonyl (C=O) groups excluding carboxylic acids is 1. The number of H-pyrrole nitrogens is 1. The van der Waals surface area contributed by atoms with E-state index in [1.807, 2.05) is 0 Å². The fraction of sp³-hybridized carbons (Fsp3) is 0.286. The van der Waals surface area contributed by atoms with Crippen molar-refractivity contribution in [2.24, 2.45) is 0 Å². The number of hydrogen-bond donors (Lipinski definition) is 5. The number of phenolic OH excluding ortho intramolecular Hbond substituents is 3. The summed E-state index contributed by atoms with van der Waals surface area (Å²) in [7, 11) is 1.28. The number of benzene rings is 1. The molecule has 1 aromatic carbocycles. The van der Waals surface area contributed by atoms with Gasteiger partial charge in [-0.2, -0.15) is 0 Å². The number of esters is 1. The Morgan fingerprint density at radius 3 is 2.59 bits per heavy atom. The van der Waals surface area contributed by atoms with Crippen LogP contribution in [0.3, 0.4) is 0 Å². The molecular weight excluding hydrogens is 290 g/mol. The van der Waals surface area contributed by atoms with Gasteiger partial charge < -0.3 is 25.0 Å². The first kappa shape index (κ1) is 15.6. The van der Waals surface area contributed by atoms with Crippen LogP contribution >= 0.6 is 0 Å². The van der Waals surface area contributed by atoms with Crippen LogP contribution in [0.2, 0.25) is 0 Å². The summed E-state index contributed by atoms with van der Waals surface area (Å²) in [5.74, 6) is -1.27. The molecule has 8 heteroatoms. The number of ether oxygens (including phenoxy) is 1. The second kappa shape index (κ2) is 6.81. The third-order valence-corrected chi connectivity index (χ3v) is 3.18. The van der Waals surface area contributed by atoms with Crippen molar-refractivity contribution in [1.29, 1.82) is 0 Å². The van der Waals surface area contributed by atoms with Gasteiger partial charge in [-0.3, -0.25) is 10.1 Å². The molecule has 0 aliphatic heterocycles. The second-order valence-electron chi connectivity index (χ2n) is 4.70. The average molecular weight is 307 g/mol. The van der Waals surface area contributed by atoms with E-state index in [9.17, 15) is 20.1 Å². The molecular formula is C14H17N3O5. The largest absolute Gasteiger partial charge is 0.508 e. The molecule has 22 heavy (non-hydrogen) atoms. The predicted octanol–water partition coefficient (Wildman–Crippen LogP) is 0.400. The minimum Gasteiger partial charge on any atom is -0.508 e. The van der Waals surface area contributed by atoms with Gasteiger partial charge in [0, 0.05) is 42.6 Å². The molecule has 1 unspecified atom stereocenters. The molecule has 1 heterocycles. The first-order valence-corrected chi connectivity index (χ1v) is 6.53. The Bertz CT molecular complexity index is 619. The molecule has 0 fully saturated rings. The van der Waals surface area contributed by atoms with Crippen LogP contribution in [0.25, 0.3) is 0 Å². The van der Waals surface area contributed by atoms with Crippen molar-refractivity contribution in [2.45, 2.75) is 19.0 Å². The van der Waals surface area contributed by atoms with Crippen LogP contribution in [-0.4, -0.2) is 44.4 Å². The zero-order chi connectivity index (χ0) is 16.1. The molecule has 8 nitrogen and oxygen atoms in total. The van der Waals surface area contributed by atoms with Crippen LogP contribution < -0.4 is 5.32 Å². The van der Waals surface area contributed by atoms with Crippen LogP contribution in [0.4, 0.5) is 0 Å². The van der Waals surface area contributed by atoms with Crippen molar-refractivity contribution in [1.82, 2.24) is 15.3 Å². The third-order valence-electron chi connectivity index (χ3n) is 3.18. The molecule has 1 aromatic heterocycles. The van der Waals surface area contributed by atoms with Crippen LogP contribution in [0.5, 0.6) is 17.2 Å². The van der Waals surface area contributed by atoms with Crippen molar-refractivity contribution in [2.75, 3.05) is 7.11 Å². The summed E-state index contributed by atoms with van der Waals surface area (Å²) < 4.78 is 4.73. The van der Waals surface area contributed by atoms with E-state index in [2.05, 4.69) is 15.3 Å².